The van der Waals surface area contributed by atoms with Gasteiger partial charge in [-0.15, -0.1) is 0 Å². The number of carbonyl (C=O) groups is 1. The van der Waals surface area contributed by atoms with E-state index in [0.29, 0.717) is 47.4 Å². The summed E-state index contributed by atoms with van der Waals surface area (Å²) in [6.07, 6.45) is 1.10. The number of halogens is 1. The van der Waals surface area contributed by atoms with Gasteiger partial charge in [0.25, 0.3) is 0 Å². The van der Waals surface area contributed by atoms with Gasteiger partial charge in [0.15, 0.2) is 0 Å². The number of carboxylic acid groups (broad SMARTS) is 1. The molecule has 1 N–H and O–H groups in total. The number of hydrogen-bond acceptors (Lipinski definition) is 6. The van der Waals surface area contributed by atoms with E-state index in [1.165, 1.54) is 12.1 Å². The van der Waals surface area contributed by atoms with E-state index in [1.807, 2.05) is 19.1 Å². The Balaban J connectivity index is 1.61. The molecule has 3 rings (SSSR count). The van der Waals surface area contributed by atoms with Gasteiger partial charge in [0.2, 0.25) is 5.89 Å². The molecular formula is C25H27FN2O5. The van der Waals surface area contributed by atoms with E-state index >= 15 is 0 Å². The molecule has 0 radical (unpaired) electrons. The van der Waals surface area contributed by atoms with Gasteiger partial charge >= 0.3 is 5.97 Å². The Bertz CT molecular complexity index is 1090. The predicted octanol–water partition coefficient (Wildman–Crippen LogP) is 5.41. The first-order valence-corrected chi connectivity index (χ1v) is 10.7. The van der Waals surface area contributed by atoms with Crippen molar-refractivity contribution in [2.24, 2.45) is 11.1 Å². The fourth-order valence-corrected chi connectivity index (χ4v) is 3.10. The maximum absolute atomic E-state index is 13.1. The standard InChI is InChI=1S/C25H27FN2O5/c1-4-13-32-28-16(2)22(25(29)30)14-18-5-11-21(12-6-18)31-15-23-17(3)33-24(27-23)19-7-9-20(26)10-8-19/h5-12,22H,4,13-15H2,1-3H3,(H,29,30)/b28-16+. The van der Waals surface area contributed by atoms with Crippen LogP contribution in [0.5, 0.6) is 5.75 Å². The third kappa shape index (κ3) is 6.65. The lowest BCUT2D eigenvalue weighted by Gasteiger charge is -2.12. The van der Waals surface area contributed by atoms with E-state index in [1.54, 1.807) is 38.1 Å². The van der Waals surface area contributed by atoms with E-state index in [9.17, 15) is 14.3 Å². The van der Waals surface area contributed by atoms with E-state index in [2.05, 4.69) is 10.1 Å². The van der Waals surface area contributed by atoms with Crippen molar-refractivity contribution in [3.63, 3.8) is 0 Å². The average molecular weight is 454 g/mol. The van der Waals surface area contributed by atoms with Gasteiger partial charge in [0.05, 0.1) is 5.71 Å². The van der Waals surface area contributed by atoms with Crippen molar-refractivity contribution in [2.75, 3.05) is 6.61 Å². The molecule has 0 bridgehead atoms. The highest BCUT2D eigenvalue weighted by Crippen LogP contribution is 2.23. The van der Waals surface area contributed by atoms with Crippen molar-refractivity contribution in [3.05, 3.63) is 71.4 Å². The molecular weight excluding hydrogens is 427 g/mol. The van der Waals surface area contributed by atoms with Crippen LogP contribution in [0.3, 0.4) is 0 Å². The lowest BCUT2D eigenvalue weighted by Crippen LogP contribution is -2.24. The Morgan fingerprint density at radius 3 is 2.52 bits per heavy atom. The Morgan fingerprint density at radius 2 is 1.88 bits per heavy atom. The molecule has 33 heavy (non-hydrogen) atoms. The number of oxazole rings is 1. The van der Waals surface area contributed by atoms with Crippen molar-refractivity contribution in [1.82, 2.24) is 4.98 Å². The van der Waals surface area contributed by atoms with E-state index in [-0.39, 0.29) is 12.4 Å². The largest absolute Gasteiger partial charge is 0.487 e. The second-order valence-corrected chi connectivity index (χ2v) is 7.62. The zero-order valence-electron chi connectivity index (χ0n) is 18.9. The van der Waals surface area contributed by atoms with Gasteiger partial charge in [-0.25, -0.2) is 9.37 Å². The van der Waals surface area contributed by atoms with E-state index in [0.717, 1.165) is 12.0 Å². The summed E-state index contributed by atoms with van der Waals surface area (Å²) < 4.78 is 24.6. The third-order valence-electron chi connectivity index (χ3n) is 5.03. The molecule has 1 heterocycles. The molecule has 1 unspecified atom stereocenters. The van der Waals surface area contributed by atoms with Crippen LogP contribution in [0, 0.1) is 18.7 Å². The number of carboxylic acids is 1. The summed E-state index contributed by atoms with van der Waals surface area (Å²) in [5.41, 5.74) is 2.59. The fourth-order valence-electron chi connectivity index (χ4n) is 3.10. The van der Waals surface area contributed by atoms with Crippen LogP contribution < -0.4 is 4.74 Å². The molecule has 0 saturated heterocycles. The molecule has 0 aliphatic carbocycles. The van der Waals surface area contributed by atoms with Gasteiger partial charge in [-0.05, 0) is 68.7 Å². The number of ether oxygens (including phenoxy) is 1. The molecule has 1 aromatic heterocycles. The first kappa shape index (κ1) is 24.0. The van der Waals surface area contributed by atoms with Gasteiger partial charge in [-0.3, -0.25) is 4.79 Å². The smallest absolute Gasteiger partial charge is 0.312 e. The van der Waals surface area contributed by atoms with Gasteiger partial charge < -0.3 is 19.1 Å². The Labute approximate surface area is 191 Å². The highest BCUT2D eigenvalue weighted by atomic mass is 19.1. The summed E-state index contributed by atoms with van der Waals surface area (Å²) in [5.74, 6) is -0.396. The van der Waals surface area contributed by atoms with E-state index < -0.39 is 11.9 Å². The normalized spacial score (nSPS) is 12.4. The van der Waals surface area contributed by atoms with Gasteiger partial charge in [-0.1, -0.05) is 24.2 Å². The number of oxime groups is 1. The van der Waals surface area contributed by atoms with Crippen LogP contribution >= 0.6 is 0 Å². The number of nitrogens with zero attached hydrogens (tertiary/aromatic N) is 2. The number of aliphatic carboxylic acids is 1. The topological polar surface area (TPSA) is 94.2 Å². The van der Waals surface area contributed by atoms with Gasteiger partial charge in [0.1, 0.15) is 42.2 Å². The second-order valence-electron chi connectivity index (χ2n) is 7.62. The number of hydrogen-bond donors (Lipinski definition) is 1. The highest BCUT2D eigenvalue weighted by molar-refractivity contribution is 6.00. The lowest BCUT2D eigenvalue weighted by atomic mass is 9.95. The Morgan fingerprint density at radius 1 is 1.18 bits per heavy atom. The molecule has 0 saturated carbocycles. The van der Waals surface area contributed by atoms with Crippen LogP contribution in [0.2, 0.25) is 0 Å². The Hall–Kier alpha value is -3.68. The van der Waals surface area contributed by atoms with Crippen LogP contribution in [0.15, 0.2) is 58.1 Å². The molecule has 0 spiro atoms. The zero-order valence-corrected chi connectivity index (χ0v) is 18.9. The van der Waals surface area contributed by atoms with Crippen LogP contribution in [-0.2, 0) is 22.7 Å². The van der Waals surface area contributed by atoms with Crippen molar-refractivity contribution < 1.29 is 28.3 Å². The molecule has 2 aromatic carbocycles. The van der Waals surface area contributed by atoms with Gasteiger partial charge in [-0.2, -0.15) is 0 Å². The Kier molecular flexibility index (Phi) is 8.18. The minimum absolute atomic E-state index is 0.203. The van der Waals surface area contributed by atoms with Gasteiger partial charge in [0, 0.05) is 5.56 Å². The summed E-state index contributed by atoms with van der Waals surface area (Å²) in [5, 5.41) is 13.5. The zero-order chi connectivity index (χ0) is 23.8. The number of rotatable bonds is 11. The first-order valence-electron chi connectivity index (χ1n) is 10.7. The first-order chi connectivity index (χ1) is 15.9. The molecule has 0 aliphatic heterocycles. The monoisotopic (exact) mass is 454 g/mol. The van der Waals surface area contributed by atoms with Crippen LogP contribution in [0.25, 0.3) is 11.5 Å². The maximum Gasteiger partial charge on any atom is 0.312 e. The highest BCUT2D eigenvalue weighted by Gasteiger charge is 2.22. The summed E-state index contributed by atoms with van der Waals surface area (Å²) >= 11 is 0. The summed E-state index contributed by atoms with van der Waals surface area (Å²) in [6.45, 7) is 6.06. The quantitative estimate of drug-likeness (QED) is 0.236. The molecule has 8 heteroatoms. The summed E-state index contributed by atoms with van der Waals surface area (Å²) in [4.78, 5) is 21.2. The molecule has 174 valence electrons. The lowest BCUT2D eigenvalue weighted by molar-refractivity contribution is -0.139. The molecule has 3 aromatic rings. The van der Waals surface area contributed by atoms with Crippen molar-refractivity contribution in [3.8, 4) is 17.2 Å². The maximum atomic E-state index is 13.1. The minimum Gasteiger partial charge on any atom is -0.487 e. The predicted molar refractivity (Wildman–Crippen MR) is 122 cm³/mol. The molecule has 0 aliphatic rings. The van der Waals surface area contributed by atoms with Crippen molar-refractivity contribution in [2.45, 2.75) is 40.2 Å². The van der Waals surface area contributed by atoms with Crippen molar-refractivity contribution >= 4 is 11.7 Å². The summed E-state index contributed by atoms with van der Waals surface area (Å²) in [6, 6.07) is 13.1. The molecule has 7 nitrogen and oxygen atoms in total. The average Bonchev–Trinajstić information content (AvgIpc) is 3.17. The number of aromatic nitrogens is 1. The summed E-state index contributed by atoms with van der Waals surface area (Å²) in [7, 11) is 0. The molecule has 0 amide bonds. The number of aryl methyl sites for hydroxylation is 1. The van der Waals surface area contributed by atoms with Crippen LogP contribution in [-0.4, -0.2) is 28.4 Å². The second kappa shape index (κ2) is 11.3. The SMILES string of the molecule is CCCO/N=C(\C)C(Cc1ccc(OCc2nc(-c3ccc(F)cc3)oc2C)cc1)C(=O)O. The van der Waals surface area contributed by atoms with Crippen LogP contribution in [0.4, 0.5) is 4.39 Å². The third-order valence-corrected chi connectivity index (χ3v) is 5.03. The fraction of sp³-hybridized carbons (Fsp3) is 0.320. The molecule has 1 atom stereocenters. The minimum atomic E-state index is -0.949. The molecule has 0 fully saturated rings. The van der Waals surface area contributed by atoms with Crippen LogP contribution in [0.1, 0.15) is 37.3 Å². The number of benzene rings is 2. The van der Waals surface area contributed by atoms with Crippen molar-refractivity contribution in [1.29, 1.82) is 0 Å². The van der Waals surface area contributed by atoms with E-state index in [4.69, 9.17) is 14.0 Å².